The van der Waals surface area contributed by atoms with Crippen LogP contribution in [0.2, 0.25) is 0 Å². The van der Waals surface area contributed by atoms with Crippen molar-refractivity contribution < 1.29 is 17.6 Å². The van der Waals surface area contributed by atoms with E-state index >= 15 is 0 Å². The molecule has 2 aliphatic rings. The third-order valence-electron chi connectivity index (χ3n) is 7.35. The maximum Gasteiger partial charge on any atom is 0.412 e. The molecule has 5 rings (SSSR count). The molecule has 0 N–H and O–H groups in total. The molecule has 2 aliphatic carbocycles. The Morgan fingerprint density at radius 2 is 1.94 bits per heavy atom. The van der Waals surface area contributed by atoms with Crippen LogP contribution in [0.1, 0.15) is 50.2 Å². The molecular weight excluding hydrogens is 404 g/mol. The lowest BCUT2D eigenvalue weighted by atomic mass is 9.60. The van der Waals surface area contributed by atoms with E-state index in [4.69, 9.17) is 0 Å². The summed E-state index contributed by atoms with van der Waals surface area (Å²) < 4.78 is 55.4. The number of allylic oxidation sites excluding steroid dienone is 2. The Balaban J connectivity index is 1.64. The summed E-state index contributed by atoms with van der Waals surface area (Å²) in [6.45, 7) is 2.10. The van der Waals surface area contributed by atoms with Gasteiger partial charge in [-0.15, -0.1) is 0 Å². The highest BCUT2D eigenvalue weighted by Gasteiger charge is 2.47. The van der Waals surface area contributed by atoms with E-state index in [0.717, 1.165) is 42.3 Å². The Bertz CT molecular complexity index is 1160. The van der Waals surface area contributed by atoms with Crippen LogP contribution in [-0.4, -0.2) is 16.0 Å². The van der Waals surface area contributed by atoms with Gasteiger partial charge >= 0.3 is 6.18 Å². The Morgan fingerprint density at radius 1 is 1.16 bits per heavy atom. The van der Waals surface area contributed by atoms with Crippen molar-refractivity contribution in [3.63, 3.8) is 0 Å². The summed E-state index contributed by atoms with van der Waals surface area (Å²) in [6.07, 6.45) is 2.84. The molecule has 0 amide bonds. The number of aryl methyl sites for hydroxylation is 1. The van der Waals surface area contributed by atoms with Crippen molar-refractivity contribution in [2.24, 2.45) is 5.92 Å². The molecule has 0 bridgehead atoms. The van der Waals surface area contributed by atoms with Gasteiger partial charge in [0.2, 0.25) is 0 Å². The van der Waals surface area contributed by atoms with E-state index in [-0.39, 0.29) is 29.1 Å². The third-order valence-corrected chi connectivity index (χ3v) is 7.35. The van der Waals surface area contributed by atoms with Gasteiger partial charge in [-0.2, -0.15) is 18.3 Å². The van der Waals surface area contributed by atoms with Gasteiger partial charge in [0.05, 0.1) is 17.4 Å². The SMILES string of the molecule is CCC12CC=C(C(F)(F)F)CC1CCCc1cc3c(cnn3-c3ccc(F)cc3)cc12. The number of hydrogen-bond donors (Lipinski definition) is 0. The average Bonchev–Trinajstić information content (AvgIpc) is 3.08. The summed E-state index contributed by atoms with van der Waals surface area (Å²) >= 11 is 0. The van der Waals surface area contributed by atoms with E-state index < -0.39 is 6.18 Å². The maximum atomic E-state index is 13.4. The molecule has 0 spiro atoms. The van der Waals surface area contributed by atoms with Gasteiger partial charge in [0.15, 0.2) is 0 Å². The summed E-state index contributed by atoms with van der Waals surface area (Å²) in [6, 6.07) is 10.5. The Hall–Kier alpha value is -2.63. The lowest BCUT2D eigenvalue weighted by Crippen LogP contribution is -2.38. The van der Waals surface area contributed by atoms with Gasteiger partial charge in [-0.3, -0.25) is 0 Å². The van der Waals surface area contributed by atoms with Crippen molar-refractivity contribution >= 4 is 10.9 Å². The van der Waals surface area contributed by atoms with Crippen molar-refractivity contribution in [1.29, 1.82) is 0 Å². The Kier molecular flexibility index (Phi) is 4.72. The van der Waals surface area contributed by atoms with Gasteiger partial charge in [0.25, 0.3) is 0 Å². The second-order valence-electron chi connectivity index (χ2n) is 8.84. The van der Waals surface area contributed by atoms with Gasteiger partial charge in [-0.25, -0.2) is 9.07 Å². The lowest BCUT2D eigenvalue weighted by Gasteiger charge is -2.44. The molecule has 0 saturated heterocycles. The molecule has 2 aromatic carbocycles. The van der Waals surface area contributed by atoms with Gasteiger partial charge in [-0.05, 0) is 92.0 Å². The average molecular weight is 428 g/mol. The minimum Gasteiger partial charge on any atom is -0.233 e. The maximum absolute atomic E-state index is 13.4. The Labute approximate surface area is 178 Å². The minimum atomic E-state index is -4.24. The molecule has 2 unspecified atom stereocenters. The van der Waals surface area contributed by atoms with E-state index in [1.54, 1.807) is 23.0 Å². The first kappa shape index (κ1) is 20.3. The summed E-state index contributed by atoms with van der Waals surface area (Å²) in [5.41, 5.74) is 3.47. The highest BCUT2D eigenvalue weighted by atomic mass is 19.4. The van der Waals surface area contributed by atoms with Crippen molar-refractivity contribution in [1.82, 2.24) is 9.78 Å². The molecule has 6 heteroatoms. The highest BCUT2D eigenvalue weighted by Crippen LogP contribution is 2.53. The van der Waals surface area contributed by atoms with Crippen LogP contribution in [0.4, 0.5) is 17.6 Å². The number of benzene rings is 2. The van der Waals surface area contributed by atoms with Crippen molar-refractivity contribution in [2.75, 3.05) is 0 Å². The molecule has 0 aliphatic heterocycles. The molecule has 0 radical (unpaired) electrons. The summed E-state index contributed by atoms with van der Waals surface area (Å²) in [4.78, 5) is 0. The number of halogens is 4. The first-order valence-electron chi connectivity index (χ1n) is 10.8. The van der Waals surface area contributed by atoms with Crippen molar-refractivity contribution in [3.8, 4) is 5.69 Å². The second-order valence-corrected chi connectivity index (χ2v) is 8.84. The van der Waals surface area contributed by atoms with Crippen LogP contribution >= 0.6 is 0 Å². The predicted octanol–water partition coefficient (Wildman–Crippen LogP) is 7.05. The van der Waals surface area contributed by atoms with Crippen LogP contribution in [0.3, 0.4) is 0 Å². The summed E-state index contributed by atoms with van der Waals surface area (Å²) in [7, 11) is 0. The zero-order valence-electron chi connectivity index (χ0n) is 17.3. The molecule has 1 heterocycles. The predicted molar refractivity (Wildman–Crippen MR) is 113 cm³/mol. The summed E-state index contributed by atoms with van der Waals surface area (Å²) in [5.74, 6) is -0.307. The van der Waals surface area contributed by atoms with Crippen LogP contribution in [0, 0.1) is 11.7 Å². The fraction of sp³-hybridized carbons (Fsp3) is 0.400. The molecule has 31 heavy (non-hydrogen) atoms. The number of alkyl halides is 3. The van der Waals surface area contributed by atoms with Gasteiger partial charge in [0.1, 0.15) is 5.82 Å². The Morgan fingerprint density at radius 3 is 2.65 bits per heavy atom. The van der Waals surface area contributed by atoms with E-state index in [9.17, 15) is 17.6 Å². The minimum absolute atomic E-state index is 0.00929. The van der Waals surface area contributed by atoms with E-state index in [0.29, 0.717) is 6.42 Å². The highest BCUT2D eigenvalue weighted by molar-refractivity contribution is 5.82. The molecular formula is C25H24F4N2. The molecule has 2 nitrogen and oxygen atoms in total. The number of fused-ring (bicyclic) bond motifs is 4. The monoisotopic (exact) mass is 428 g/mol. The first-order valence-corrected chi connectivity index (χ1v) is 10.8. The first-order chi connectivity index (χ1) is 14.8. The molecule has 1 aromatic heterocycles. The largest absolute Gasteiger partial charge is 0.412 e. The zero-order valence-corrected chi connectivity index (χ0v) is 17.3. The molecule has 162 valence electrons. The fourth-order valence-electron chi connectivity index (χ4n) is 5.69. The normalized spacial score (nSPS) is 23.8. The van der Waals surface area contributed by atoms with Gasteiger partial charge < -0.3 is 0 Å². The van der Waals surface area contributed by atoms with Crippen molar-refractivity contribution in [3.05, 3.63) is 71.2 Å². The van der Waals surface area contributed by atoms with E-state index in [1.807, 2.05) is 0 Å². The van der Waals surface area contributed by atoms with Crippen LogP contribution in [0.15, 0.2) is 54.2 Å². The number of nitrogens with zero attached hydrogens (tertiary/aromatic N) is 2. The van der Waals surface area contributed by atoms with Crippen LogP contribution in [-0.2, 0) is 11.8 Å². The smallest absolute Gasteiger partial charge is 0.233 e. The number of aromatic nitrogens is 2. The number of hydrogen-bond acceptors (Lipinski definition) is 1. The zero-order chi connectivity index (χ0) is 21.8. The lowest BCUT2D eigenvalue weighted by molar-refractivity contribution is -0.0983. The summed E-state index contributed by atoms with van der Waals surface area (Å²) in [5, 5.41) is 5.48. The third kappa shape index (κ3) is 3.27. The van der Waals surface area contributed by atoms with Crippen molar-refractivity contribution in [2.45, 2.75) is 57.0 Å². The fourth-order valence-corrected chi connectivity index (χ4v) is 5.69. The second kappa shape index (κ2) is 7.21. The molecule has 3 aromatic rings. The van der Waals surface area contributed by atoms with Crippen LogP contribution in [0.5, 0.6) is 0 Å². The van der Waals surface area contributed by atoms with Gasteiger partial charge in [0, 0.05) is 16.4 Å². The molecule has 2 atom stereocenters. The van der Waals surface area contributed by atoms with Crippen LogP contribution in [0.25, 0.3) is 16.6 Å². The topological polar surface area (TPSA) is 17.8 Å². The number of rotatable bonds is 2. The molecule has 0 fully saturated rings. The standard InChI is InChI=1S/C25H24F4N2/c1-2-24-11-10-19(25(27,28)29)14-18(24)5-3-4-16-13-23-17(12-22(16)24)15-30-31(23)21-8-6-20(26)7-9-21/h6-10,12-13,15,18H,2-5,11,14H2,1H3. The molecule has 0 saturated carbocycles. The van der Waals surface area contributed by atoms with Gasteiger partial charge in [-0.1, -0.05) is 13.0 Å². The van der Waals surface area contributed by atoms with E-state index in [2.05, 4.69) is 24.2 Å². The quantitative estimate of drug-likeness (QED) is 0.316. The van der Waals surface area contributed by atoms with E-state index in [1.165, 1.54) is 29.3 Å². The van der Waals surface area contributed by atoms with Crippen LogP contribution < -0.4 is 0 Å².